The van der Waals surface area contributed by atoms with Gasteiger partial charge in [0.15, 0.2) is 0 Å². The number of anilines is 2. The van der Waals surface area contributed by atoms with Crippen LogP contribution in [0, 0.1) is 10.1 Å². The Hall–Kier alpha value is -4.96. The zero-order valence-electron chi connectivity index (χ0n) is 26.8. The maximum absolute atomic E-state index is 13.1. The van der Waals surface area contributed by atoms with Gasteiger partial charge in [-0.05, 0) is 71.6 Å². The smallest absolute Gasteiger partial charge is 0.293 e. The first kappa shape index (κ1) is 34.9. The number of nitrogens with one attached hydrogen (secondary N) is 2. The summed E-state index contributed by atoms with van der Waals surface area (Å²) in [7, 11) is -4.39. The molecule has 258 valence electrons. The first-order valence-electron chi connectivity index (χ1n) is 15.7. The maximum atomic E-state index is 13.1. The van der Waals surface area contributed by atoms with Gasteiger partial charge in [-0.3, -0.25) is 24.8 Å². The molecule has 0 spiro atoms. The molecule has 0 saturated carbocycles. The highest BCUT2D eigenvalue weighted by Gasteiger charge is 2.24. The number of piperazine rings is 1. The van der Waals surface area contributed by atoms with Crippen LogP contribution in [-0.2, 0) is 16.6 Å². The summed E-state index contributed by atoms with van der Waals surface area (Å²) < 4.78 is 28.2. The molecule has 6 rings (SSSR count). The number of nitro benzene ring substituents is 1. The molecule has 1 aliphatic rings. The predicted octanol–water partition coefficient (Wildman–Crippen LogP) is 6.07. The molecule has 3 aromatic carbocycles. The highest BCUT2D eigenvalue weighted by molar-refractivity contribution is 7.99. The van der Waals surface area contributed by atoms with E-state index >= 15 is 0 Å². The second-order valence-electron chi connectivity index (χ2n) is 11.5. The van der Waals surface area contributed by atoms with Crippen LogP contribution in [0.5, 0.6) is 5.75 Å². The zero-order chi connectivity index (χ0) is 35.1. The third-order valence-corrected chi connectivity index (χ3v) is 11.4. The van der Waals surface area contributed by atoms with E-state index in [1.165, 1.54) is 23.2 Å². The summed E-state index contributed by atoms with van der Waals surface area (Å²) in [5.74, 6) is -0.0524. The molecule has 3 N–H and O–H groups in total. The number of aromatic nitrogens is 1. The number of hydrogen-bond donors (Lipinski definition) is 3. The molecule has 1 amide bonds. The number of carbonyl (C=O) groups excluding carboxylic acids is 1. The van der Waals surface area contributed by atoms with Crippen LogP contribution in [0.3, 0.4) is 0 Å². The molecule has 5 aromatic rings. The molecule has 0 radical (unpaired) electrons. The normalized spacial score (nSPS) is 13.6. The van der Waals surface area contributed by atoms with Crippen molar-refractivity contribution in [1.29, 1.82) is 0 Å². The van der Waals surface area contributed by atoms with Crippen LogP contribution in [0.1, 0.15) is 15.2 Å². The van der Waals surface area contributed by atoms with E-state index in [1.807, 2.05) is 35.1 Å². The number of aromatic hydroxyl groups is 1. The van der Waals surface area contributed by atoms with Crippen molar-refractivity contribution in [3.63, 3.8) is 0 Å². The SMILES string of the molecule is O=C(NS(=O)(=O)c1ccc(NCCSc2ccccc2)c([N+](=O)[O-])c1)c1ccc(N2CCN(Cc3cc(-c4cncc(O)c4)cs3)CC2)cc1. The molecule has 15 heteroatoms. The summed E-state index contributed by atoms with van der Waals surface area (Å²) in [6.07, 6.45) is 3.14. The van der Waals surface area contributed by atoms with E-state index in [1.54, 1.807) is 59.6 Å². The van der Waals surface area contributed by atoms with Crippen LogP contribution in [0.15, 0.2) is 112 Å². The summed E-state index contributed by atoms with van der Waals surface area (Å²) in [6, 6.07) is 23.8. The number of thiophene rings is 1. The number of nitrogens with zero attached hydrogens (tertiary/aromatic N) is 4. The van der Waals surface area contributed by atoms with E-state index in [0.717, 1.165) is 60.5 Å². The fourth-order valence-electron chi connectivity index (χ4n) is 5.50. The van der Waals surface area contributed by atoms with E-state index in [2.05, 4.69) is 31.5 Å². The first-order chi connectivity index (χ1) is 24.1. The minimum Gasteiger partial charge on any atom is -0.506 e. The quantitative estimate of drug-likeness (QED) is 0.0559. The van der Waals surface area contributed by atoms with Gasteiger partial charge in [0, 0.05) is 83.9 Å². The van der Waals surface area contributed by atoms with Gasteiger partial charge < -0.3 is 15.3 Å². The summed E-state index contributed by atoms with van der Waals surface area (Å²) in [6.45, 7) is 4.48. The number of pyridine rings is 1. The number of benzene rings is 3. The number of nitro groups is 1. The topological polar surface area (TPSA) is 158 Å². The molecule has 0 aliphatic carbocycles. The lowest BCUT2D eigenvalue weighted by molar-refractivity contribution is -0.384. The monoisotopic (exact) mass is 730 g/mol. The average molecular weight is 731 g/mol. The van der Waals surface area contributed by atoms with Crippen molar-refractivity contribution in [2.75, 3.05) is 48.7 Å². The molecule has 3 heterocycles. The van der Waals surface area contributed by atoms with Crippen LogP contribution in [-0.4, -0.2) is 72.7 Å². The standard InChI is InChI=1S/C35H34N6O6S3/c42-29-18-26(21-36-22-29)27-19-31(49-24-27)23-39-13-15-40(16-14-39)28-8-6-25(7-9-28)35(43)38-50(46,47)32-10-11-33(34(20-32)41(44)45)37-12-17-48-30-4-2-1-3-5-30/h1-11,18-22,24,37,42H,12-17,23H2,(H,38,43). The Morgan fingerprint density at radius 2 is 1.72 bits per heavy atom. The van der Waals surface area contributed by atoms with E-state index in [9.17, 15) is 28.4 Å². The lowest BCUT2D eigenvalue weighted by Gasteiger charge is -2.36. The van der Waals surface area contributed by atoms with Crippen LogP contribution < -0.4 is 14.9 Å². The lowest BCUT2D eigenvalue weighted by atomic mass is 10.1. The van der Waals surface area contributed by atoms with Gasteiger partial charge in [0.2, 0.25) is 0 Å². The molecular formula is C35H34N6O6S3. The van der Waals surface area contributed by atoms with E-state index in [0.29, 0.717) is 12.3 Å². The maximum Gasteiger partial charge on any atom is 0.293 e. The van der Waals surface area contributed by atoms with Gasteiger partial charge in [0.1, 0.15) is 11.4 Å². The third-order valence-electron chi connectivity index (χ3n) is 8.09. The molecule has 1 fully saturated rings. The number of amides is 1. The Balaban J connectivity index is 1.01. The van der Waals surface area contributed by atoms with Gasteiger partial charge in [0.25, 0.3) is 21.6 Å². The van der Waals surface area contributed by atoms with E-state index in [4.69, 9.17) is 0 Å². The molecule has 12 nitrogen and oxygen atoms in total. The fourth-order valence-corrected chi connectivity index (χ4v) is 8.22. The van der Waals surface area contributed by atoms with Gasteiger partial charge in [-0.15, -0.1) is 23.1 Å². The second kappa shape index (κ2) is 15.7. The number of carbonyl (C=O) groups is 1. The van der Waals surface area contributed by atoms with Crippen molar-refractivity contribution in [3.05, 3.63) is 123 Å². The Morgan fingerprint density at radius 3 is 2.44 bits per heavy atom. The molecule has 0 unspecified atom stereocenters. The van der Waals surface area contributed by atoms with Gasteiger partial charge in [-0.25, -0.2) is 13.1 Å². The van der Waals surface area contributed by atoms with Crippen molar-refractivity contribution in [2.24, 2.45) is 0 Å². The number of hydrogen-bond acceptors (Lipinski definition) is 12. The van der Waals surface area contributed by atoms with Gasteiger partial charge in [-0.1, -0.05) is 18.2 Å². The third kappa shape index (κ3) is 8.79. The molecule has 50 heavy (non-hydrogen) atoms. The molecule has 0 atom stereocenters. The van der Waals surface area contributed by atoms with Crippen LogP contribution in [0.4, 0.5) is 17.1 Å². The molecule has 1 aliphatic heterocycles. The van der Waals surface area contributed by atoms with Crippen LogP contribution in [0.2, 0.25) is 0 Å². The largest absolute Gasteiger partial charge is 0.506 e. The van der Waals surface area contributed by atoms with Gasteiger partial charge in [0.05, 0.1) is 16.0 Å². The second-order valence-corrected chi connectivity index (χ2v) is 15.3. The summed E-state index contributed by atoms with van der Waals surface area (Å²) in [5, 5.41) is 26.6. The first-order valence-corrected chi connectivity index (χ1v) is 19.1. The average Bonchev–Trinajstić information content (AvgIpc) is 3.59. The Bertz CT molecular complexity index is 2070. The lowest BCUT2D eigenvalue weighted by Crippen LogP contribution is -2.45. The molecule has 1 saturated heterocycles. The van der Waals surface area contributed by atoms with Gasteiger partial charge in [-0.2, -0.15) is 0 Å². The van der Waals surface area contributed by atoms with E-state index < -0.39 is 26.5 Å². The Kier molecular flexibility index (Phi) is 11.0. The minimum absolute atomic E-state index is 0.137. The number of sulfonamides is 1. The minimum atomic E-state index is -4.39. The summed E-state index contributed by atoms with van der Waals surface area (Å²) in [5.41, 5.74) is 2.76. The van der Waals surface area contributed by atoms with Crippen LogP contribution in [0.25, 0.3) is 11.1 Å². The van der Waals surface area contributed by atoms with E-state index in [-0.39, 0.29) is 21.9 Å². The summed E-state index contributed by atoms with van der Waals surface area (Å²) >= 11 is 3.26. The molecule has 0 bridgehead atoms. The zero-order valence-corrected chi connectivity index (χ0v) is 29.2. The highest BCUT2D eigenvalue weighted by Crippen LogP contribution is 2.30. The number of thioether (sulfide) groups is 1. The Morgan fingerprint density at radius 1 is 0.960 bits per heavy atom. The highest BCUT2D eigenvalue weighted by atomic mass is 32.2. The molecular weight excluding hydrogens is 697 g/mol. The van der Waals surface area contributed by atoms with Crippen LogP contribution >= 0.6 is 23.1 Å². The van der Waals surface area contributed by atoms with Crippen molar-refractivity contribution in [1.82, 2.24) is 14.6 Å². The van der Waals surface area contributed by atoms with Crippen molar-refractivity contribution >= 4 is 56.1 Å². The van der Waals surface area contributed by atoms with Crippen molar-refractivity contribution < 1.29 is 23.2 Å². The summed E-state index contributed by atoms with van der Waals surface area (Å²) in [4.78, 5) is 34.6. The predicted molar refractivity (Wildman–Crippen MR) is 197 cm³/mol. The van der Waals surface area contributed by atoms with Gasteiger partial charge >= 0.3 is 0 Å². The fraction of sp³-hybridized carbons (Fsp3) is 0.200. The van der Waals surface area contributed by atoms with Crippen molar-refractivity contribution in [3.8, 4) is 16.9 Å². The molecule has 2 aromatic heterocycles. The Labute approximate surface area is 298 Å². The number of rotatable bonds is 13. The van der Waals surface area contributed by atoms with Crippen molar-refractivity contribution in [2.45, 2.75) is 16.3 Å².